The predicted molar refractivity (Wildman–Crippen MR) is 105 cm³/mol. The number of hydrogen-bond acceptors (Lipinski definition) is 5. The SMILES string of the molecule is CC(=O)C1(O)CCC2C3CCC4=C/C(=N\OCCC(N)=O)CCC4C3CCC21. The lowest BCUT2D eigenvalue weighted by atomic mass is 9.55. The van der Waals surface area contributed by atoms with Crippen molar-refractivity contribution in [2.24, 2.45) is 40.5 Å². The molecule has 4 aliphatic rings. The minimum atomic E-state index is -1.07. The van der Waals surface area contributed by atoms with E-state index in [1.165, 1.54) is 5.57 Å². The first-order chi connectivity index (χ1) is 13.4. The van der Waals surface area contributed by atoms with E-state index < -0.39 is 5.60 Å². The number of primary amides is 1. The molecule has 0 heterocycles. The number of oxime groups is 1. The van der Waals surface area contributed by atoms with Gasteiger partial charge in [0.2, 0.25) is 5.91 Å². The molecule has 1 amide bonds. The molecule has 0 aromatic heterocycles. The predicted octanol–water partition coefficient (Wildman–Crippen LogP) is 2.74. The Morgan fingerprint density at radius 2 is 2.00 bits per heavy atom. The second-order valence-electron chi connectivity index (χ2n) is 9.23. The van der Waals surface area contributed by atoms with Crippen LogP contribution in [-0.4, -0.2) is 34.7 Å². The van der Waals surface area contributed by atoms with Crippen LogP contribution in [0.5, 0.6) is 0 Å². The Hall–Kier alpha value is -1.69. The fraction of sp³-hybridized carbons (Fsp3) is 0.773. The molecule has 3 N–H and O–H groups in total. The molecule has 6 unspecified atom stereocenters. The Kier molecular flexibility index (Phi) is 5.34. The Labute approximate surface area is 166 Å². The number of carbonyl (C=O) groups is 2. The van der Waals surface area contributed by atoms with E-state index in [0.29, 0.717) is 30.1 Å². The third-order valence-electron chi connectivity index (χ3n) is 7.95. The highest BCUT2D eigenvalue weighted by atomic mass is 16.6. The number of fused-ring (bicyclic) bond motifs is 5. The van der Waals surface area contributed by atoms with E-state index in [4.69, 9.17) is 10.6 Å². The molecule has 28 heavy (non-hydrogen) atoms. The van der Waals surface area contributed by atoms with Crippen molar-refractivity contribution < 1.29 is 19.5 Å². The molecule has 0 aromatic rings. The summed E-state index contributed by atoms with van der Waals surface area (Å²) in [5.41, 5.74) is 6.50. The van der Waals surface area contributed by atoms with Crippen molar-refractivity contribution in [3.63, 3.8) is 0 Å². The van der Waals surface area contributed by atoms with Gasteiger partial charge >= 0.3 is 0 Å². The quantitative estimate of drug-likeness (QED) is 0.558. The summed E-state index contributed by atoms with van der Waals surface area (Å²) < 4.78 is 0. The maximum Gasteiger partial charge on any atom is 0.220 e. The average Bonchev–Trinajstić information content (AvgIpc) is 3.03. The minimum Gasteiger partial charge on any atom is -0.395 e. The van der Waals surface area contributed by atoms with Crippen LogP contribution in [0.4, 0.5) is 0 Å². The Bertz CT molecular complexity index is 715. The summed E-state index contributed by atoms with van der Waals surface area (Å²) in [6, 6.07) is 0. The van der Waals surface area contributed by atoms with Gasteiger partial charge in [0.05, 0.1) is 12.1 Å². The van der Waals surface area contributed by atoms with Gasteiger partial charge in [-0.25, -0.2) is 0 Å². The molecular formula is C22H32N2O4. The van der Waals surface area contributed by atoms with Crippen LogP contribution in [0, 0.1) is 29.6 Å². The number of rotatable bonds is 5. The van der Waals surface area contributed by atoms with Crippen LogP contribution in [0.15, 0.2) is 16.8 Å². The van der Waals surface area contributed by atoms with E-state index in [9.17, 15) is 14.7 Å². The number of allylic oxidation sites excluding steroid dienone is 2. The van der Waals surface area contributed by atoms with Gasteiger partial charge in [0, 0.05) is 0 Å². The first-order valence-corrected chi connectivity index (χ1v) is 10.8. The van der Waals surface area contributed by atoms with Crippen LogP contribution < -0.4 is 5.73 Å². The van der Waals surface area contributed by atoms with Gasteiger partial charge in [-0.05, 0) is 94.0 Å². The maximum absolute atomic E-state index is 12.1. The number of nitrogens with zero attached hydrogens (tertiary/aromatic N) is 1. The maximum atomic E-state index is 12.1. The van der Waals surface area contributed by atoms with Crippen molar-refractivity contribution in [2.45, 2.75) is 70.3 Å². The van der Waals surface area contributed by atoms with Gasteiger partial charge in [-0.2, -0.15) is 0 Å². The van der Waals surface area contributed by atoms with Crippen molar-refractivity contribution in [2.75, 3.05) is 6.61 Å². The van der Waals surface area contributed by atoms with E-state index >= 15 is 0 Å². The van der Waals surface area contributed by atoms with Gasteiger partial charge in [-0.1, -0.05) is 10.7 Å². The zero-order valence-corrected chi connectivity index (χ0v) is 16.7. The van der Waals surface area contributed by atoms with Gasteiger partial charge in [-0.15, -0.1) is 0 Å². The normalized spacial score (nSPS) is 40.9. The molecule has 0 spiro atoms. The van der Waals surface area contributed by atoms with Crippen LogP contribution >= 0.6 is 0 Å². The van der Waals surface area contributed by atoms with Crippen LogP contribution in [-0.2, 0) is 14.4 Å². The third kappa shape index (κ3) is 3.40. The number of amides is 1. The van der Waals surface area contributed by atoms with Crippen LogP contribution in [0.1, 0.15) is 64.7 Å². The van der Waals surface area contributed by atoms with E-state index in [-0.39, 0.29) is 30.6 Å². The highest BCUT2D eigenvalue weighted by Crippen LogP contribution is 2.59. The van der Waals surface area contributed by atoms with Gasteiger partial charge in [0.25, 0.3) is 0 Å². The zero-order chi connectivity index (χ0) is 19.9. The zero-order valence-electron chi connectivity index (χ0n) is 16.7. The molecule has 3 saturated carbocycles. The van der Waals surface area contributed by atoms with E-state index in [2.05, 4.69) is 11.2 Å². The molecule has 0 aromatic carbocycles. The molecule has 4 rings (SSSR count). The second-order valence-corrected chi connectivity index (χ2v) is 9.23. The van der Waals surface area contributed by atoms with Crippen molar-refractivity contribution in [1.29, 1.82) is 0 Å². The first-order valence-electron chi connectivity index (χ1n) is 10.8. The monoisotopic (exact) mass is 388 g/mol. The van der Waals surface area contributed by atoms with Crippen LogP contribution in [0.3, 0.4) is 0 Å². The van der Waals surface area contributed by atoms with Gasteiger partial charge in [0.1, 0.15) is 12.2 Å². The van der Waals surface area contributed by atoms with E-state index in [1.807, 2.05) is 0 Å². The van der Waals surface area contributed by atoms with Crippen molar-refractivity contribution in [1.82, 2.24) is 0 Å². The van der Waals surface area contributed by atoms with Crippen molar-refractivity contribution >= 4 is 17.4 Å². The summed E-state index contributed by atoms with van der Waals surface area (Å²) in [6.45, 7) is 1.79. The number of hydrogen-bond donors (Lipinski definition) is 2. The molecule has 3 fully saturated rings. The first kappa shape index (κ1) is 19.6. The fourth-order valence-electron chi connectivity index (χ4n) is 6.67. The Morgan fingerprint density at radius 3 is 2.75 bits per heavy atom. The van der Waals surface area contributed by atoms with E-state index in [1.54, 1.807) is 6.92 Å². The highest BCUT2D eigenvalue weighted by Gasteiger charge is 2.57. The number of Topliss-reactive ketones (excluding diaryl/α,β-unsaturated/α-hetero) is 1. The molecule has 0 saturated heterocycles. The lowest BCUT2D eigenvalue weighted by Crippen LogP contribution is -2.48. The molecule has 0 aliphatic heterocycles. The van der Waals surface area contributed by atoms with E-state index in [0.717, 1.165) is 50.7 Å². The Morgan fingerprint density at radius 1 is 1.18 bits per heavy atom. The summed E-state index contributed by atoms with van der Waals surface area (Å²) in [4.78, 5) is 28.1. The molecule has 0 radical (unpaired) electrons. The third-order valence-corrected chi connectivity index (χ3v) is 7.95. The molecule has 4 aliphatic carbocycles. The lowest BCUT2D eigenvalue weighted by Gasteiger charge is -2.50. The van der Waals surface area contributed by atoms with Gasteiger partial charge in [-0.3, -0.25) is 9.59 Å². The number of ketones is 1. The summed E-state index contributed by atoms with van der Waals surface area (Å²) >= 11 is 0. The smallest absolute Gasteiger partial charge is 0.220 e. The Balaban J connectivity index is 1.43. The van der Waals surface area contributed by atoms with Gasteiger partial charge in [0.15, 0.2) is 5.78 Å². The molecule has 0 bridgehead atoms. The van der Waals surface area contributed by atoms with Crippen molar-refractivity contribution in [3.8, 4) is 0 Å². The second kappa shape index (κ2) is 7.62. The summed E-state index contributed by atoms with van der Waals surface area (Å²) in [5.74, 6) is 2.17. The standard InChI is InChI=1S/C22H32N2O4/c1-13(25)22(27)10-8-19-18-4-2-14-12-15(24-28-11-9-21(23)26)3-5-16(14)17(18)6-7-20(19)22/h12,16-20,27H,2-11H2,1H3,(H2,23,26)/b24-15-. The average molecular weight is 389 g/mol. The lowest BCUT2D eigenvalue weighted by molar-refractivity contribution is -0.142. The number of nitrogens with two attached hydrogens (primary N) is 1. The molecule has 6 heteroatoms. The molecule has 6 atom stereocenters. The van der Waals surface area contributed by atoms with Crippen molar-refractivity contribution in [3.05, 3.63) is 11.6 Å². The summed E-state index contributed by atoms with van der Waals surface area (Å²) in [6.07, 6.45) is 10.4. The number of aliphatic hydroxyl groups is 1. The summed E-state index contributed by atoms with van der Waals surface area (Å²) in [5, 5.41) is 15.1. The highest BCUT2D eigenvalue weighted by molar-refractivity contribution is 5.96. The minimum absolute atomic E-state index is 0.0373. The van der Waals surface area contributed by atoms with Crippen LogP contribution in [0.2, 0.25) is 0 Å². The fourth-order valence-corrected chi connectivity index (χ4v) is 6.67. The van der Waals surface area contributed by atoms with Gasteiger partial charge < -0.3 is 15.7 Å². The largest absolute Gasteiger partial charge is 0.395 e. The molecule has 6 nitrogen and oxygen atoms in total. The molecular weight excluding hydrogens is 356 g/mol. The van der Waals surface area contributed by atoms with Crippen LogP contribution in [0.25, 0.3) is 0 Å². The number of carbonyl (C=O) groups excluding carboxylic acids is 2. The molecule has 154 valence electrons. The summed E-state index contributed by atoms with van der Waals surface area (Å²) in [7, 11) is 0. The topological polar surface area (TPSA) is 102 Å².